The summed E-state index contributed by atoms with van der Waals surface area (Å²) < 4.78 is 33.5. The van der Waals surface area contributed by atoms with Gasteiger partial charge < -0.3 is 4.74 Å². The first-order chi connectivity index (χ1) is 11.1. The van der Waals surface area contributed by atoms with E-state index in [0.717, 1.165) is 31.3 Å². The average molecular weight is 336 g/mol. The van der Waals surface area contributed by atoms with Gasteiger partial charge in [-0.1, -0.05) is 0 Å². The lowest BCUT2D eigenvalue weighted by Gasteiger charge is -2.31. The number of aromatic nitrogens is 3. The number of fused-ring (bicyclic) bond motifs is 1. The zero-order valence-corrected chi connectivity index (χ0v) is 13.7. The SMILES string of the molecule is O=S(=O)(C1CC1)N1CCC(COc2ccc3nccn3n2)CC1. The second-order valence-electron chi connectivity index (χ2n) is 6.30. The molecular weight excluding hydrogens is 316 g/mol. The molecule has 0 radical (unpaired) electrons. The summed E-state index contributed by atoms with van der Waals surface area (Å²) in [6.45, 7) is 1.80. The van der Waals surface area contributed by atoms with Crippen LogP contribution in [0.3, 0.4) is 0 Å². The van der Waals surface area contributed by atoms with Crippen molar-refractivity contribution in [1.82, 2.24) is 18.9 Å². The molecule has 8 heteroatoms. The number of hydrogen-bond donors (Lipinski definition) is 0. The summed E-state index contributed by atoms with van der Waals surface area (Å²) in [4.78, 5) is 4.14. The highest BCUT2D eigenvalue weighted by atomic mass is 32.2. The number of nitrogens with zero attached hydrogens (tertiary/aromatic N) is 4. The summed E-state index contributed by atoms with van der Waals surface area (Å²) in [6.07, 6.45) is 6.83. The Hall–Kier alpha value is -1.67. The van der Waals surface area contributed by atoms with E-state index in [9.17, 15) is 8.42 Å². The quantitative estimate of drug-likeness (QED) is 0.823. The average Bonchev–Trinajstić information content (AvgIpc) is 3.33. The Morgan fingerprint density at radius 2 is 1.96 bits per heavy atom. The van der Waals surface area contributed by atoms with Crippen LogP contribution in [-0.4, -0.2) is 52.3 Å². The fourth-order valence-electron chi connectivity index (χ4n) is 2.99. The molecule has 124 valence electrons. The lowest BCUT2D eigenvalue weighted by Crippen LogP contribution is -2.41. The third-order valence-electron chi connectivity index (χ3n) is 4.58. The molecule has 4 rings (SSSR count). The van der Waals surface area contributed by atoms with E-state index >= 15 is 0 Å². The fourth-order valence-corrected chi connectivity index (χ4v) is 4.86. The van der Waals surface area contributed by atoms with Crippen LogP contribution in [0.5, 0.6) is 5.88 Å². The second kappa shape index (κ2) is 5.76. The van der Waals surface area contributed by atoms with Crippen LogP contribution in [0.15, 0.2) is 24.5 Å². The summed E-state index contributed by atoms with van der Waals surface area (Å²) in [7, 11) is -3.03. The van der Waals surface area contributed by atoms with E-state index in [4.69, 9.17) is 4.74 Å². The van der Waals surface area contributed by atoms with Gasteiger partial charge in [0.05, 0.1) is 11.9 Å². The highest BCUT2D eigenvalue weighted by Crippen LogP contribution is 2.33. The van der Waals surface area contributed by atoms with Crippen LogP contribution in [0.25, 0.3) is 5.65 Å². The number of rotatable bonds is 5. The minimum Gasteiger partial charge on any atom is -0.476 e. The molecule has 1 saturated carbocycles. The van der Waals surface area contributed by atoms with Gasteiger partial charge >= 0.3 is 0 Å². The third-order valence-corrected chi connectivity index (χ3v) is 6.98. The lowest BCUT2D eigenvalue weighted by molar-refractivity contribution is 0.179. The van der Waals surface area contributed by atoms with Gasteiger partial charge in [-0.15, -0.1) is 5.10 Å². The van der Waals surface area contributed by atoms with Crippen molar-refractivity contribution in [2.45, 2.75) is 30.9 Å². The van der Waals surface area contributed by atoms with E-state index in [2.05, 4.69) is 10.1 Å². The van der Waals surface area contributed by atoms with E-state index in [0.29, 0.717) is 31.5 Å². The summed E-state index contributed by atoms with van der Waals surface area (Å²) in [5.41, 5.74) is 0.788. The maximum Gasteiger partial charge on any atom is 0.231 e. The highest BCUT2D eigenvalue weighted by Gasteiger charge is 2.41. The number of hydrogen-bond acceptors (Lipinski definition) is 5. The molecule has 0 atom stereocenters. The van der Waals surface area contributed by atoms with Crippen molar-refractivity contribution in [2.75, 3.05) is 19.7 Å². The first-order valence-corrected chi connectivity index (χ1v) is 9.55. The van der Waals surface area contributed by atoms with Gasteiger partial charge in [0.25, 0.3) is 0 Å². The standard InChI is InChI=1S/C15H20N4O3S/c20-23(21,13-1-2-13)18-8-5-12(6-9-18)11-22-15-4-3-14-16-7-10-19(14)17-15/h3-4,7,10,12-13H,1-2,5-6,8-9,11H2. The summed E-state index contributed by atoms with van der Waals surface area (Å²) >= 11 is 0. The molecule has 3 heterocycles. The van der Waals surface area contributed by atoms with Crippen molar-refractivity contribution >= 4 is 15.7 Å². The number of imidazole rings is 1. The van der Waals surface area contributed by atoms with E-state index < -0.39 is 10.0 Å². The Morgan fingerprint density at radius 1 is 1.17 bits per heavy atom. The van der Waals surface area contributed by atoms with Gasteiger partial charge in [0, 0.05) is 31.5 Å². The Kier molecular flexibility index (Phi) is 3.73. The minimum absolute atomic E-state index is 0.110. The summed E-state index contributed by atoms with van der Waals surface area (Å²) in [5, 5.41) is 4.22. The van der Waals surface area contributed by atoms with E-state index in [-0.39, 0.29) is 5.25 Å². The highest BCUT2D eigenvalue weighted by molar-refractivity contribution is 7.90. The molecule has 1 aliphatic heterocycles. The molecular formula is C15H20N4O3S. The third kappa shape index (κ3) is 3.05. The molecule has 0 aromatic carbocycles. The van der Waals surface area contributed by atoms with Crippen LogP contribution in [-0.2, 0) is 10.0 Å². The molecule has 0 unspecified atom stereocenters. The van der Waals surface area contributed by atoms with Gasteiger partial charge in [-0.25, -0.2) is 22.2 Å². The number of ether oxygens (including phenoxy) is 1. The van der Waals surface area contributed by atoms with E-state index in [1.807, 2.05) is 12.1 Å². The predicted octanol–water partition coefficient (Wildman–Crippen LogP) is 1.31. The van der Waals surface area contributed by atoms with Crippen molar-refractivity contribution in [1.29, 1.82) is 0 Å². The Bertz CT molecular complexity index is 792. The molecule has 1 aliphatic carbocycles. The van der Waals surface area contributed by atoms with Crippen LogP contribution in [0.1, 0.15) is 25.7 Å². The first-order valence-electron chi connectivity index (χ1n) is 8.05. The Labute approximate surface area is 135 Å². The largest absolute Gasteiger partial charge is 0.476 e. The number of sulfonamides is 1. The molecule has 2 aromatic rings. The van der Waals surface area contributed by atoms with Crippen LogP contribution in [0.2, 0.25) is 0 Å². The molecule has 1 saturated heterocycles. The fraction of sp³-hybridized carbons (Fsp3) is 0.600. The molecule has 0 N–H and O–H groups in total. The van der Waals surface area contributed by atoms with Gasteiger partial charge in [0.2, 0.25) is 15.9 Å². The minimum atomic E-state index is -3.03. The molecule has 2 fully saturated rings. The maximum absolute atomic E-state index is 12.2. The molecule has 7 nitrogen and oxygen atoms in total. The smallest absolute Gasteiger partial charge is 0.231 e. The Morgan fingerprint density at radius 3 is 2.70 bits per heavy atom. The molecule has 2 aliphatic rings. The topological polar surface area (TPSA) is 76.8 Å². The van der Waals surface area contributed by atoms with Crippen molar-refractivity contribution in [2.24, 2.45) is 5.92 Å². The molecule has 0 bridgehead atoms. The van der Waals surface area contributed by atoms with Crippen LogP contribution < -0.4 is 4.74 Å². The van der Waals surface area contributed by atoms with Crippen molar-refractivity contribution in [3.63, 3.8) is 0 Å². The van der Waals surface area contributed by atoms with Gasteiger partial charge in [0.1, 0.15) is 0 Å². The zero-order valence-electron chi connectivity index (χ0n) is 12.8. The van der Waals surface area contributed by atoms with Crippen molar-refractivity contribution in [3.8, 4) is 5.88 Å². The maximum atomic E-state index is 12.2. The lowest BCUT2D eigenvalue weighted by atomic mass is 9.99. The van der Waals surface area contributed by atoms with Gasteiger partial charge in [0.15, 0.2) is 5.65 Å². The Balaban J connectivity index is 1.31. The van der Waals surface area contributed by atoms with Crippen LogP contribution in [0, 0.1) is 5.92 Å². The molecule has 23 heavy (non-hydrogen) atoms. The van der Waals surface area contributed by atoms with Crippen molar-refractivity contribution < 1.29 is 13.2 Å². The van der Waals surface area contributed by atoms with Gasteiger partial charge in [-0.05, 0) is 37.7 Å². The molecule has 0 amide bonds. The molecule has 2 aromatic heterocycles. The second-order valence-corrected chi connectivity index (χ2v) is 8.51. The van der Waals surface area contributed by atoms with Crippen molar-refractivity contribution in [3.05, 3.63) is 24.5 Å². The summed E-state index contributed by atoms with van der Waals surface area (Å²) in [6, 6.07) is 3.68. The van der Waals surface area contributed by atoms with Gasteiger partial charge in [-0.3, -0.25) is 0 Å². The number of piperidine rings is 1. The first kappa shape index (κ1) is 14.9. The molecule has 0 spiro atoms. The van der Waals surface area contributed by atoms with Crippen LogP contribution >= 0.6 is 0 Å². The van der Waals surface area contributed by atoms with Crippen LogP contribution in [0.4, 0.5) is 0 Å². The van der Waals surface area contributed by atoms with Gasteiger partial charge in [-0.2, -0.15) is 0 Å². The van der Waals surface area contributed by atoms with E-state index in [1.165, 1.54) is 0 Å². The normalized spacial score (nSPS) is 20.9. The summed E-state index contributed by atoms with van der Waals surface area (Å²) in [5.74, 6) is 0.949. The monoisotopic (exact) mass is 336 g/mol. The predicted molar refractivity (Wildman–Crippen MR) is 84.7 cm³/mol. The van der Waals surface area contributed by atoms with E-state index in [1.54, 1.807) is 21.2 Å². The zero-order chi connectivity index (χ0) is 15.9.